The highest BCUT2D eigenvalue weighted by molar-refractivity contribution is 6.01. The smallest absolute Gasteiger partial charge is 0.00543 e. The third-order valence-corrected chi connectivity index (χ3v) is 10.9. The molecular formula is C46H40. The summed E-state index contributed by atoms with van der Waals surface area (Å²) in [7, 11) is 0. The lowest BCUT2D eigenvalue weighted by Gasteiger charge is -2.17. The molecule has 0 amide bonds. The van der Waals surface area contributed by atoms with Gasteiger partial charge >= 0.3 is 0 Å². The molecule has 6 aromatic carbocycles. The molecule has 224 valence electrons. The molecule has 0 atom stereocenters. The van der Waals surface area contributed by atoms with E-state index in [0.29, 0.717) is 0 Å². The van der Waals surface area contributed by atoms with Crippen LogP contribution in [-0.4, -0.2) is 0 Å². The van der Waals surface area contributed by atoms with Gasteiger partial charge in [0.2, 0.25) is 0 Å². The Bertz CT molecular complexity index is 2260. The van der Waals surface area contributed by atoms with Gasteiger partial charge in [0.25, 0.3) is 0 Å². The zero-order valence-corrected chi connectivity index (χ0v) is 27.0. The first-order chi connectivity index (χ1) is 22.6. The minimum absolute atomic E-state index is 1.11. The van der Waals surface area contributed by atoms with Crippen molar-refractivity contribution in [2.75, 3.05) is 0 Å². The summed E-state index contributed by atoms with van der Waals surface area (Å²) in [5, 5.41) is 5.46. The molecule has 0 fully saturated rings. The Hall–Kier alpha value is -4.68. The van der Waals surface area contributed by atoms with E-state index in [0.717, 1.165) is 12.8 Å². The van der Waals surface area contributed by atoms with E-state index in [1.165, 1.54) is 105 Å². The lowest BCUT2D eigenvalue weighted by molar-refractivity contribution is 0.912. The number of hydrogen-bond acceptors (Lipinski definition) is 0. The molecule has 4 aliphatic rings. The van der Waals surface area contributed by atoms with Crippen molar-refractivity contribution in [2.24, 2.45) is 0 Å². The van der Waals surface area contributed by atoms with Crippen molar-refractivity contribution in [2.45, 2.75) is 65.2 Å². The molecule has 0 heteroatoms. The van der Waals surface area contributed by atoms with Crippen LogP contribution in [0.5, 0.6) is 0 Å². The predicted octanol–water partition coefficient (Wildman–Crippen LogP) is 11.9. The minimum Gasteiger partial charge on any atom is -0.0683 e. The molecule has 0 aromatic heterocycles. The van der Waals surface area contributed by atoms with E-state index in [-0.39, 0.29) is 0 Å². The molecule has 0 saturated heterocycles. The van der Waals surface area contributed by atoms with Crippen molar-refractivity contribution in [3.05, 3.63) is 153 Å². The molecule has 0 bridgehead atoms. The Morgan fingerprint density at radius 2 is 1.02 bits per heavy atom. The summed E-state index contributed by atoms with van der Waals surface area (Å²) in [5.41, 5.74) is 21.3. The van der Waals surface area contributed by atoms with Crippen molar-refractivity contribution < 1.29 is 0 Å². The van der Waals surface area contributed by atoms with E-state index in [4.69, 9.17) is 0 Å². The van der Waals surface area contributed by atoms with Crippen LogP contribution in [0, 0.1) is 0 Å². The Balaban J connectivity index is 0.000000127. The maximum absolute atomic E-state index is 2.49. The summed E-state index contributed by atoms with van der Waals surface area (Å²) in [4.78, 5) is 0. The van der Waals surface area contributed by atoms with Crippen LogP contribution in [0.25, 0.3) is 56.0 Å². The maximum atomic E-state index is 2.49. The largest absolute Gasteiger partial charge is 0.0683 e. The Kier molecular flexibility index (Phi) is 6.60. The number of rotatable bonds is 2. The van der Waals surface area contributed by atoms with Gasteiger partial charge in [-0.3, -0.25) is 0 Å². The molecule has 0 spiro atoms. The van der Waals surface area contributed by atoms with E-state index in [1.54, 1.807) is 33.4 Å². The summed E-state index contributed by atoms with van der Waals surface area (Å²) in [6.45, 7) is 4.52. The number of benzene rings is 6. The molecule has 0 aliphatic heterocycles. The highest BCUT2D eigenvalue weighted by Crippen LogP contribution is 2.45. The molecule has 0 radical (unpaired) electrons. The fraction of sp³-hybridized carbons (Fsp3) is 0.217. The fourth-order valence-electron chi connectivity index (χ4n) is 8.98. The number of fused-ring (bicyclic) bond motifs is 6. The Labute approximate surface area is 273 Å². The van der Waals surface area contributed by atoms with Gasteiger partial charge in [0.05, 0.1) is 0 Å². The molecule has 0 heterocycles. The van der Waals surface area contributed by atoms with Gasteiger partial charge in [-0.2, -0.15) is 0 Å². The molecule has 0 nitrogen and oxygen atoms in total. The van der Waals surface area contributed by atoms with Gasteiger partial charge in [-0.25, -0.2) is 0 Å². The van der Waals surface area contributed by atoms with Crippen molar-refractivity contribution in [1.29, 1.82) is 0 Å². The summed E-state index contributed by atoms with van der Waals surface area (Å²) in [5.74, 6) is 0. The van der Waals surface area contributed by atoms with E-state index in [1.807, 2.05) is 0 Å². The van der Waals surface area contributed by atoms with Crippen molar-refractivity contribution >= 4 is 33.7 Å². The highest BCUT2D eigenvalue weighted by Gasteiger charge is 2.26. The third-order valence-electron chi connectivity index (χ3n) is 10.9. The van der Waals surface area contributed by atoms with Crippen LogP contribution >= 0.6 is 0 Å². The number of allylic oxidation sites excluding steroid dienone is 2. The van der Waals surface area contributed by atoms with Gasteiger partial charge in [0, 0.05) is 0 Å². The number of hydrogen-bond donors (Lipinski definition) is 0. The standard InChI is InChI=1S/2C23H20/c2*1-15-12-18-14-17-8-5-10-20(17)23(22(18)13-15)21-11-4-7-16-6-2-3-9-19(16)21/h2-4,6-7,9,11,13-14H,5,8,10,12H2,1H3;2-4,6-7,9,11-12,14H,5,8,10,13H2,1H3. The Morgan fingerprint density at radius 3 is 1.72 bits per heavy atom. The van der Waals surface area contributed by atoms with Crippen LogP contribution in [0.2, 0.25) is 0 Å². The summed E-state index contributed by atoms with van der Waals surface area (Å²) < 4.78 is 0. The average molecular weight is 593 g/mol. The molecule has 46 heavy (non-hydrogen) atoms. The second-order valence-electron chi connectivity index (χ2n) is 14.0. The SMILES string of the molecule is CC1=Cc2c(cc3c(c2-c2cccc4ccccc24)CCC3)C1.CC1=Cc2cc3c(c(-c4cccc5ccccc45)c2C1)CCC3. The lowest BCUT2D eigenvalue weighted by Crippen LogP contribution is -1.98. The third kappa shape index (κ3) is 4.50. The van der Waals surface area contributed by atoms with Crippen LogP contribution < -0.4 is 0 Å². The van der Waals surface area contributed by atoms with Gasteiger partial charge in [0.15, 0.2) is 0 Å². The number of aryl methyl sites for hydroxylation is 2. The van der Waals surface area contributed by atoms with E-state index < -0.39 is 0 Å². The molecule has 0 unspecified atom stereocenters. The quantitative estimate of drug-likeness (QED) is 0.188. The first kappa shape index (κ1) is 27.6. The van der Waals surface area contributed by atoms with Crippen LogP contribution in [0.15, 0.2) is 108 Å². The van der Waals surface area contributed by atoms with Gasteiger partial charge in [-0.1, -0.05) is 120 Å². The monoisotopic (exact) mass is 592 g/mol. The van der Waals surface area contributed by atoms with Crippen LogP contribution in [0.3, 0.4) is 0 Å². The van der Waals surface area contributed by atoms with Gasteiger partial charge in [-0.15, -0.1) is 0 Å². The van der Waals surface area contributed by atoms with Gasteiger partial charge < -0.3 is 0 Å². The van der Waals surface area contributed by atoms with Crippen molar-refractivity contribution in [1.82, 2.24) is 0 Å². The molecule has 10 rings (SSSR count). The molecular weight excluding hydrogens is 553 g/mol. The second-order valence-corrected chi connectivity index (χ2v) is 14.0. The summed E-state index contributed by atoms with van der Waals surface area (Å²) in [6.07, 6.45) is 14.6. The summed E-state index contributed by atoms with van der Waals surface area (Å²) >= 11 is 0. The topological polar surface area (TPSA) is 0 Å². The highest BCUT2D eigenvalue weighted by atomic mass is 14.3. The normalized spacial score (nSPS) is 15.6. The average Bonchev–Trinajstić information content (AvgIpc) is 3.88. The molecule has 0 saturated carbocycles. The van der Waals surface area contributed by atoms with Crippen LogP contribution in [-0.2, 0) is 38.5 Å². The first-order valence-corrected chi connectivity index (χ1v) is 17.3. The zero-order chi connectivity index (χ0) is 30.8. The van der Waals surface area contributed by atoms with E-state index in [2.05, 4.69) is 123 Å². The van der Waals surface area contributed by atoms with E-state index in [9.17, 15) is 0 Å². The first-order valence-electron chi connectivity index (χ1n) is 17.3. The van der Waals surface area contributed by atoms with Crippen LogP contribution in [0.1, 0.15) is 71.2 Å². The molecule has 4 aliphatic carbocycles. The minimum atomic E-state index is 1.11. The molecule has 6 aromatic rings. The lowest BCUT2D eigenvalue weighted by atomic mass is 9.87. The zero-order valence-electron chi connectivity index (χ0n) is 27.0. The van der Waals surface area contributed by atoms with Crippen molar-refractivity contribution in [3.63, 3.8) is 0 Å². The fourth-order valence-corrected chi connectivity index (χ4v) is 8.98. The Morgan fingerprint density at radius 1 is 0.457 bits per heavy atom. The van der Waals surface area contributed by atoms with Crippen molar-refractivity contribution in [3.8, 4) is 22.3 Å². The van der Waals surface area contributed by atoms with Gasteiger partial charge in [-0.05, 0) is 154 Å². The summed E-state index contributed by atoms with van der Waals surface area (Å²) in [6, 6.07) is 36.1. The molecule has 0 N–H and O–H groups in total. The predicted molar refractivity (Wildman–Crippen MR) is 198 cm³/mol. The van der Waals surface area contributed by atoms with Crippen LogP contribution in [0.4, 0.5) is 0 Å². The maximum Gasteiger partial charge on any atom is -0.00543 e. The second kappa shape index (κ2) is 11.0. The van der Waals surface area contributed by atoms with Gasteiger partial charge in [0.1, 0.15) is 0 Å². The van der Waals surface area contributed by atoms with E-state index >= 15 is 0 Å².